The maximum absolute atomic E-state index is 12.5. The Morgan fingerprint density at radius 3 is 2.14 bits per heavy atom. The summed E-state index contributed by atoms with van der Waals surface area (Å²) >= 11 is 0. The Hall–Kier alpha value is -1.22. The van der Waals surface area contributed by atoms with Crippen LogP contribution in [0.3, 0.4) is 0 Å². The fraction of sp³-hybridized carbons (Fsp3) is 0.385. The van der Waals surface area contributed by atoms with E-state index in [2.05, 4.69) is 10.1 Å². The summed E-state index contributed by atoms with van der Waals surface area (Å²) in [6.07, 6.45) is 0. The number of rotatable bonds is 4. The van der Waals surface area contributed by atoms with Crippen LogP contribution in [-0.2, 0) is 10.0 Å². The zero-order valence-electron chi connectivity index (χ0n) is 11.5. The molecule has 0 aromatic heterocycles. The Morgan fingerprint density at radius 2 is 1.64 bits per heavy atom. The van der Waals surface area contributed by atoms with Gasteiger partial charge < -0.3 is 10.1 Å². The molecule has 1 aromatic rings. The molecular weight excluding hydrogens is 338 g/mol. The van der Waals surface area contributed by atoms with Gasteiger partial charge in [0.05, 0.1) is 4.90 Å². The predicted molar refractivity (Wildman–Crippen MR) is 79.0 cm³/mol. The molecule has 0 bridgehead atoms. The van der Waals surface area contributed by atoms with Gasteiger partial charge in [-0.25, -0.2) is 8.42 Å². The molecule has 5 nitrogen and oxygen atoms in total. The molecule has 0 radical (unpaired) electrons. The maximum Gasteiger partial charge on any atom is 0.387 e. The monoisotopic (exact) mass is 352 g/mol. The number of sulfonamides is 1. The molecule has 0 saturated heterocycles. The van der Waals surface area contributed by atoms with E-state index in [9.17, 15) is 17.2 Å². The van der Waals surface area contributed by atoms with Crippen LogP contribution in [-0.4, -0.2) is 45.5 Å². The molecule has 122 valence electrons. The lowest BCUT2D eigenvalue weighted by atomic mass is 10.2. The van der Waals surface area contributed by atoms with Crippen molar-refractivity contribution in [2.24, 2.45) is 0 Å². The molecular formula is C13H15ClF2N2O3S. The van der Waals surface area contributed by atoms with E-state index in [1.807, 2.05) is 0 Å². The summed E-state index contributed by atoms with van der Waals surface area (Å²) in [5, 5.41) is 3.18. The van der Waals surface area contributed by atoms with Crippen LogP contribution >= 0.6 is 12.4 Å². The lowest BCUT2D eigenvalue weighted by Crippen LogP contribution is -2.32. The normalized spacial score (nSPS) is 18.5. The van der Waals surface area contributed by atoms with E-state index < -0.39 is 16.6 Å². The predicted octanol–water partition coefficient (Wildman–Crippen LogP) is 1.61. The van der Waals surface area contributed by atoms with Crippen molar-refractivity contribution in [3.63, 3.8) is 0 Å². The van der Waals surface area contributed by atoms with E-state index in [4.69, 9.17) is 0 Å². The second kappa shape index (κ2) is 6.49. The lowest BCUT2D eigenvalue weighted by Gasteiger charge is -2.18. The molecule has 2 aliphatic rings. The van der Waals surface area contributed by atoms with Crippen molar-refractivity contribution in [3.8, 4) is 5.75 Å². The van der Waals surface area contributed by atoms with Gasteiger partial charge in [0.2, 0.25) is 10.0 Å². The fourth-order valence-electron chi connectivity index (χ4n) is 2.54. The number of benzene rings is 1. The standard InChI is InChI=1S/C13H14F2N2O3S.ClH/c14-13(15)20-11-1-3-12(4-2-11)21(18,19)17-7-9-5-16-6-10(9)8-17;/h1-4,13,16H,5-8H2;1H. The highest BCUT2D eigenvalue weighted by Crippen LogP contribution is 2.27. The molecule has 0 aliphatic carbocycles. The summed E-state index contributed by atoms with van der Waals surface area (Å²) < 4.78 is 54.7. The van der Waals surface area contributed by atoms with Crippen molar-refractivity contribution >= 4 is 22.4 Å². The summed E-state index contributed by atoms with van der Waals surface area (Å²) in [5.74, 6) is -0.0600. The minimum atomic E-state index is -3.61. The smallest absolute Gasteiger partial charge is 0.387 e. The van der Waals surface area contributed by atoms with Gasteiger partial charge in [-0.3, -0.25) is 0 Å². The van der Waals surface area contributed by atoms with Crippen LogP contribution < -0.4 is 10.1 Å². The Labute approximate surface area is 133 Å². The quantitative estimate of drug-likeness (QED) is 0.836. The van der Waals surface area contributed by atoms with E-state index in [-0.39, 0.29) is 23.1 Å². The number of hydrogen-bond acceptors (Lipinski definition) is 4. The first-order valence-corrected chi connectivity index (χ1v) is 7.86. The molecule has 22 heavy (non-hydrogen) atoms. The van der Waals surface area contributed by atoms with Gasteiger partial charge in [0.1, 0.15) is 5.75 Å². The summed E-state index contributed by atoms with van der Waals surface area (Å²) in [5.41, 5.74) is 2.24. The van der Waals surface area contributed by atoms with E-state index in [0.29, 0.717) is 13.1 Å². The van der Waals surface area contributed by atoms with Gasteiger partial charge in [-0.2, -0.15) is 13.1 Å². The van der Waals surface area contributed by atoms with Gasteiger partial charge in [-0.15, -0.1) is 12.4 Å². The van der Waals surface area contributed by atoms with E-state index in [1.54, 1.807) is 0 Å². The number of ether oxygens (including phenoxy) is 1. The van der Waals surface area contributed by atoms with Crippen LogP contribution in [0.5, 0.6) is 5.75 Å². The third kappa shape index (κ3) is 3.24. The average molecular weight is 353 g/mol. The van der Waals surface area contributed by atoms with Crippen LogP contribution in [0.25, 0.3) is 0 Å². The molecule has 1 aromatic carbocycles. The third-order valence-electron chi connectivity index (χ3n) is 3.60. The zero-order chi connectivity index (χ0) is 15.0. The van der Waals surface area contributed by atoms with Crippen LogP contribution in [0, 0.1) is 0 Å². The third-order valence-corrected chi connectivity index (χ3v) is 5.40. The van der Waals surface area contributed by atoms with Crippen molar-refractivity contribution in [1.29, 1.82) is 0 Å². The second-order valence-electron chi connectivity index (χ2n) is 4.93. The van der Waals surface area contributed by atoms with Gasteiger partial charge in [0, 0.05) is 26.2 Å². The first kappa shape index (κ1) is 17.1. The van der Waals surface area contributed by atoms with Gasteiger partial charge in [-0.1, -0.05) is 0 Å². The molecule has 2 aliphatic heterocycles. The summed E-state index contributed by atoms with van der Waals surface area (Å²) in [6, 6.07) is 5.04. The van der Waals surface area contributed by atoms with E-state index in [1.165, 1.54) is 28.6 Å². The highest BCUT2D eigenvalue weighted by molar-refractivity contribution is 7.89. The largest absolute Gasteiger partial charge is 0.435 e. The summed E-state index contributed by atoms with van der Waals surface area (Å²) in [4.78, 5) is 0.0817. The van der Waals surface area contributed by atoms with Crippen LogP contribution in [0.15, 0.2) is 40.3 Å². The van der Waals surface area contributed by atoms with Gasteiger partial charge in [0.15, 0.2) is 0 Å². The number of nitrogens with one attached hydrogen (secondary N) is 1. The Kier molecular flexibility index (Phi) is 5.06. The first-order valence-electron chi connectivity index (χ1n) is 6.42. The average Bonchev–Trinajstić information content (AvgIpc) is 2.99. The Balaban J connectivity index is 0.00000176. The molecule has 0 spiro atoms. The molecule has 0 amide bonds. The first-order chi connectivity index (χ1) is 9.96. The minimum absolute atomic E-state index is 0. The molecule has 0 fully saturated rings. The van der Waals surface area contributed by atoms with Crippen LogP contribution in [0.2, 0.25) is 0 Å². The zero-order valence-corrected chi connectivity index (χ0v) is 13.1. The molecule has 3 rings (SSSR count). The topological polar surface area (TPSA) is 58.6 Å². The van der Waals surface area contributed by atoms with Crippen LogP contribution in [0.1, 0.15) is 0 Å². The summed E-state index contributed by atoms with van der Waals surface area (Å²) in [6.45, 7) is -0.698. The SMILES string of the molecule is Cl.O=S(=O)(c1ccc(OC(F)F)cc1)N1CC2=C(CNC2)C1. The molecule has 0 unspecified atom stereocenters. The van der Waals surface area contributed by atoms with E-state index in [0.717, 1.165) is 24.2 Å². The molecule has 0 saturated carbocycles. The highest BCUT2D eigenvalue weighted by atomic mass is 35.5. The molecule has 1 N–H and O–H groups in total. The van der Waals surface area contributed by atoms with Crippen LogP contribution in [0.4, 0.5) is 8.78 Å². The van der Waals surface area contributed by atoms with Crippen molar-refractivity contribution in [1.82, 2.24) is 9.62 Å². The number of alkyl halides is 2. The second-order valence-corrected chi connectivity index (χ2v) is 6.87. The maximum atomic E-state index is 12.5. The van der Waals surface area contributed by atoms with Crippen molar-refractivity contribution < 1.29 is 21.9 Å². The number of hydrogen-bond donors (Lipinski definition) is 1. The van der Waals surface area contributed by atoms with Gasteiger partial charge >= 0.3 is 6.61 Å². The molecule has 9 heteroatoms. The van der Waals surface area contributed by atoms with Crippen molar-refractivity contribution in [2.75, 3.05) is 26.2 Å². The number of halogens is 3. The summed E-state index contributed by atoms with van der Waals surface area (Å²) in [7, 11) is -3.61. The van der Waals surface area contributed by atoms with Crippen molar-refractivity contribution in [3.05, 3.63) is 35.4 Å². The molecule has 0 atom stereocenters. The highest BCUT2D eigenvalue weighted by Gasteiger charge is 2.33. The van der Waals surface area contributed by atoms with Gasteiger partial charge in [0.25, 0.3) is 0 Å². The Bertz CT molecular complexity index is 661. The van der Waals surface area contributed by atoms with Gasteiger partial charge in [-0.05, 0) is 35.4 Å². The fourth-order valence-corrected chi connectivity index (χ4v) is 3.97. The lowest BCUT2D eigenvalue weighted by molar-refractivity contribution is -0.0498. The Morgan fingerprint density at radius 1 is 1.09 bits per heavy atom. The minimum Gasteiger partial charge on any atom is -0.435 e. The van der Waals surface area contributed by atoms with E-state index >= 15 is 0 Å². The number of nitrogens with zero attached hydrogens (tertiary/aromatic N) is 1. The van der Waals surface area contributed by atoms with Crippen molar-refractivity contribution in [2.45, 2.75) is 11.5 Å². The molecule has 2 heterocycles.